The van der Waals surface area contributed by atoms with Gasteiger partial charge in [0.25, 0.3) is 0 Å². The van der Waals surface area contributed by atoms with E-state index in [-0.39, 0.29) is 24.0 Å². The smallest absolute Gasteiger partial charge is 0.191 e. The maximum atomic E-state index is 5.46. The van der Waals surface area contributed by atoms with Gasteiger partial charge in [0.1, 0.15) is 17.2 Å². The highest BCUT2D eigenvalue weighted by Gasteiger charge is 2.15. The molecule has 24 heavy (non-hydrogen) atoms. The number of nitrogens with zero attached hydrogens (tertiary/aromatic N) is 1. The molecule has 2 rings (SSSR count). The summed E-state index contributed by atoms with van der Waals surface area (Å²) < 4.78 is 16.2. The van der Waals surface area contributed by atoms with Gasteiger partial charge in [-0.05, 0) is 12.8 Å². The van der Waals surface area contributed by atoms with Gasteiger partial charge in [-0.2, -0.15) is 0 Å². The molecule has 0 atom stereocenters. The van der Waals surface area contributed by atoms with Gasteiger partial charge in [-0.25, -0.2) is 0 Å². The lowest BCUT2D eigenvalue weighted by molar-refractivity contribution is 0.368. The van der Waals surface area contributed by atoms with E-state index in [1.165, 1.54) is 0 Å². The third kappa shape index (κ3) is 5.19. The zero-order chi connectivity index (χ0) is 16.7. The molecule has 0 bridgehead atoms. The van der Waals surface area contributed by atoms with Crippen LogP contribution in [0.5, 0.6) is 17.2 Å². The first-order chi connectivity index (χ1) is 11.2. The van der Waals surface area contributed by atoms with Crippen molar-refractivity contribution in [2.24, 2.45) is 4.99 Å². The third-order valence-corrected chi connectivity index (χ3v) is 3.82. The summed E-state index contributed by atoms with van der Waals surface area (Å²) in [7, 11) is 6.65. The van der Waals surface area contributed by atoms with Crippen molar-refractivity contribution in [3.05, 3.63) is 29.8 Å². The number of rotatable bonds is 6. The van der Waals surface area contributed by atoms with Gasteiger partial charge in [0.05, 0.1) is 33.4 Å². The fraction of sp³-hybridized carbons (Fsp3) is 0.471. The molecule has 0 heterocycles. The maximum absolute atomic E-state index is 5.46. The molecule has 0 aromatic heterocycles. The predicted molar refractivity (Wildman–Crippen MR) is 107 cm³/mol. The molecule has 6 nitrogen and oxygen atoms in total. The van der Waals surface area contributed by atoms with E-state index in [1.54, 1.807) is 28.4 Å². The number of halogens is 1. The summed E-state index contributed by atoms with van der Waals surface area (Å²) >= 11 is 0. The van der Waals surface area contributed by atoms with Crippen molar-refractivity contribution in [2.45, 2.75) is 25.4 Å². The summed E-state index contributed by atoms with van der Waals surface area (Å²) in [6.07, 6.45) is 6.41. The molecule has 0 spiro atoms. The number of hydrogen-bond acceptors (Lipinski definition) is 4. The highest BCUT2D eigenvalue weighted by molar-refractivity contribution is 14.0. The van der Waals surface area contributed by atoms with E-state index in [4.69, 9.17) is 14.2 Å². The number of ether oxygens (including phenoxy) is 3. The van der Waals surface area contributed by atoms with E-state index in [2.05, 4.69) is 27.8 Å². The van der Waals surface area contributed by atoms with Crippen LogP contribution in [0.2, 0.25) is 0 Å². The van der Waals surface area contributed by atoms with E-state index in [0.29, 0.717) is 29.8 Å². The Morgan fingerprint density at radius 2 is 1.67 bits per heavy atom. The Morgan fingerprint density at radius 3 is 2.12 bits per heavy atom. The van der Waals surface area contributed by atoms with Gasteiger partial charge in [-0.3, -0.25) is 4.99 Å². The average molecular weight is 447 g/mol. The fourth-order valence-corrected chi connectivity index (χ4v) is 2.55. The second-order valence-corrected chi connectivity index (χ2v) is 5.22. The normalized spacial score (nSPS) is 14.1. The lowest BCUT2D eigenvalue weighted by Gasteiger charge is -2.19. The minimum absolute atomic E-state index is 0. The van der Waals surface area contributed by atoms with Gasteiger partial charge in [0.2, 0.25) is 0 Å². The van der Waals surface area contributed by atoms with E-state index >= 15 is 0 Å². The first-order valence-corrected chi connectivity index (χ1v) is 7.62. The van der Waals surface area contributed by atoms with Crippen LogP contribution in [0.4, 0.5) is 0 Å². The van der Waals surface area contributed by atoms with Crippen LogP contribution in [0.3, 0.4) is 0 Å². The molecule has 0 saturated carbocycles. The van der Waals surface area contributed by atoms with Crippen molar-refractivity contribution in [3.63, 3.8) is 0 Å². The zero-order valence-corrected chi connectivity index (χ0v) is 16.9. The van der Waals surface area contributed by atoms with E-state index in [1.807, 2.05) is 12.1 Å². The second-order valence-electron chi connectivity index (χ2n) is 5.22. The minimum atomic E-state index is 0. The van der Waals surface area contributed by atoms with Crippen LogP contribution in [0.1, 0.15) is 18.4 Å². The van der Waals surface area contributed by atoms with Crippen LogP contribution < -0.4 is 24.8 Å². The van der Waals surface area contributed by atoms with Crippen LogP contribution in [-0.2, 0) is 6.54 Å². The Hall–Kier alpha value is -1.64. The number of methoxy groups -OCH3 is 3. The van der Waals surface area contributed by atoms with Gasteiger partial charge < -0.3 is 24.8 Å². The Bertz CT molecular complexity index is 557. The van der Waals surface area contributed by atoms with Crippen molar-refractivity contribution in [2.75, 3.05) is 28.4 Å². The molecule has 1 aliphatic carbocycles. The van der Waals surface area contributed by atoms with Crippen molar-refractivity contribution in [3.8, 4) is 17.2 Å². The predicted octanol–water partition coefficient (Wildman–Crippen LogP) is 2.71. The van der Waals surface area contributed by atoms with E-state index in [9.17, 15) is 0 Å². The number of nitrogens with one attached hydrogen (secondary N) is 2. The summed E-state index contributed by atoms with van der Waals surface area (Å²) in [5, 5.41) is 6.71. The van der Waals surface area contributed by atoms with Gasteiger partial charge in [0.15, 0.2) is 5.96 Å². The Balaban J connectivity index is 0.00000288. The molecule has 0 saturated heterocycles. The van der Waals surface area contributed by atoms with Crippen LogP contribution in [0.25, 0.3) is 0 Å². The number of hydrogen-bond donors (Lipinski definition) is 2. The molecule has 0 amide bonds. The van der Waals surface area contributed by atoms with Crippen molar-refractivity contribution >= 4 is 29.9 Å². The summed E-state index contributed by atoms with van der Waals surface area (Å²) in [4.78, 5) is 4.27. The maximum Gasteiger partial charge on any atom is 0.191 e. The quantitative estimate of drug-likeness (QED) is 0.304. The highest BCUT2D eigenvalue weighted by Crippen LogP contribution is 2.33. The Kier molecular flexibility index (Phi) is 8.73. The lowest BCUT2D eigenvalue weighted by atomic mass is 10.1. The first kappa shape index (κ1) is 20.4. The first-order valence-electron chi connectivity index (χ1n) is 7.62. The second kappa shape index (κ2) is 10.3. The van der Waals surface area contributed by atoms with E-state index < -0.39 is 0 Å². The highest BCUT2D eigenvalue weighted by atomic mass is 127. The molecule has 0 fully saturated rings. The fourth-order valence-electron chi connectivity index (χ4n) is 2.55. The Labute approximate surface area is 160 Å². The lowest BCUT2D eigenvalue weighted by Crippen LogP contribution is -2.42. The van der Waals surface area contributed by atoms with Crippen LogP contribution in [-0.4, -0.2) is 40.4 Å². The number of aliphatic imine (C=N–C) groups is 1. The molecular formula is C17H26IN3O3. The molecule has 1 aliphatic rings. The summed E-state index contributed by atoms with van der Waals surface area (Å²) in [6, 6.07) is 4.09. The molecular weight excluding hydrogens is 421 g/mol. The van der Waals surface area contributed by atoms with Crippen LogP contribution in [0.15, 0.2) is 29.3 Å². The molecule has 0 radical (unpaired) electrons. The summed E-state index contributed by atoms with van der Waals surface area (Å²) in [6.45, 7) is 0.538. The van der Waals surface area contributed by atoms with E-state index in [0.717, 1.165) is 24.4 Å². The van der Waals surface area contributed by atoms with Crippen LogP contribution >= 0.6 is 24.0 Å². The number of benzene rings is 1. The van der Waals surface area contributed by atoms with Crippen LogP contribution in [0, 0.1) is 0 Å². The standard InChI is InChI=1S/C17H25N3O3.HI/c1-18-17(20-12-7-5-6-8-12)19-11-14-15(22-3)9-13(21-2)10-16(14)23-4;/h5-6,9-10,12H,7-8,11H2,1-4H3,(H2,18,19,20);1H. The van der Waals surface area contributed by atoms with Gasteiger partial charge in [-0.15, -0.1) is 24.0 Å². The van der Waals surface area contributed by atoms with Crippen molar-refractivity contribution in [1.29, 1.82) is 0 Å². The SMILES string of the molecule is CN=C(NCc1c(OC)cc(OC)cc1OC)NC1CC=CC1.I. The van der Waals surface area contributed by atoms with Crippen molar-refractivity contribution < 1.29 is 14.2 Å². The molecule has 0 unspecified atom stereocenters. The monoisotopic (exact) mass is 447 g/mol. The summed E-state index contributed by atoms with van der Waals surface area (Å²) in [5.41, 5.74) is 0.920. The molecule has 1 aromatic rings. The number of guanidine groups is 1. The molecule has 2 N–H and O–H groups in total. The third-order valence-electron chi connectivity index (χ3n) is 3.82. The average Bonchev–Trinajstić information content (AvgIpc) is 3.10. The van der Waals surface area contributed by atoms with Gasteiger partial charge in [-0.1, -0.05) is 12.2 Å². The Morgan fingerprint density at radius 1 is 1.08 bits per heavy atom. The minimum Gasteiger partial charge on any atom is -0.496 e. The summed E-state index contributed by atoms with van der Waals surface area (Å²) in [5.74, 6) is 2.89. The largest absolute Gasteiger partial charge is 0.496 e. The molecule has 7 heteroatoms. The molecule has 0 aliphatic heterocycles. The van der Waals surface area contributed by atoms with Crippen molar-refractivity contribution in [1.82, 2.24) is 10.6 Å². The zero-order valence-electron chi connectivity index (χ0n) is 14.6. The van der Waals surface area contributed by atoms with Gasteiger partial charge >= 0.3 is 0 Å². The molecule has 1 aromatic carbocycles. The molecule has 134 valence electrons. The topological polar surface area (TPSA) is 64.1 Å². The van der Waals surface area contributed by atoms with Gasteiger partial charge in [0, 0.05) is 25.2 Å².